The van der Waals surface area contributed by atoms with Gasteiger partial charge in [0.25, 0.3) is 0 Å². The minimum absolute atomic E-state index is 0.0217. The zero-order valence-electron chi connectivity index (χ0n) is 22.5. The number of benzene rings is 2. The zero-order chi connectivity index (χ0) is 28.7. The second kappa shape index (κ2) is 11.4. The average molecular weight is 572 g/mol. The van der Waals surface area contributed by atoms with Crippen molar-refractivity contribution in [2.24, 2.45) is 11.8 Å². The van der Waals surface area contributed by atoms with Crippen LogP contribution in [0.15, 0.2) is 30.3 Å². The molecule has 2 aliphatic heterocycles. The van der Waals surface area contributed by atoms with Crippen LogP contribution in [0.25, 0.3) is 10.8 Å². The molecule has 0 aromatic heterocycles. The molecule has 0 N–H and O–H groups in total. The van der Waals surface area contributed by atoms with E-state index in [0.717, 1.165) is 44.2 Å². The SMILES string of the molecule is COC(=O)C1CC2CCC[C@@H](C1)N2CCc1ccc2c(C(F)(F)F)c(OC3CCC(C(F)(F)F)CC3)ccc2c1. The molecule has 40 heavy (non-hydrogen) atoms. The fourth-order valence-corrected chi connectivity index (χ4v) is 7.05. The van der Waals surface area contributed by atoms with Gasteiger partial charge in [0, 0.05) is 18.6 Å². The Balaban J connectivity index is 1.29. The number of fused-ring (bicyclic) bond motifs is 3. The van der Waals surface area contributed by atoms with Gasteiger partial charge in [-0.3, -0.25) is 9.69 Å². The van der Waals surface area contributed by atoms with Gasteiger partial charge in [-0.25, -0.2) is 0 Å². The molecule has 2 aromatic rings. The number of carbonyl (C=O) groups excluding carboxylic acids is 1. The maximum Gasteiger partial charge on any atom is 0.420 e. The number of ether oxygens (including phenoxy) is 2. The highest BCUT2D eigenvalue weighted by atomic mass is 19.4. The van der Waals surface area contributed by atoms with Gasteiger partial charge < -0.3 is 9.47 Å². The number of alkyl halides is 6. The molecule has 220 valence electrons. The summed E-state index contributed by atoms with van der Waals surface area (Å²) in [6.45, 7) is 0.767. The topological polar surface area (TPSA) is 38.8 Å². The van der Waals surface area contributed by atoms with Crippen LogP contribution in [-0.2, 0) is 22.1 Å². The van der Waals surface area contributed by atoms with Crippen molar-refractivity contribution in [1.82, 2.24) is 4.90 Å². The van der Waals surface area contributed by atoms with Crippen LogP contribution in [0.2, 0.25) is 0 Å². The highest BCUT2D eigenvalue weighted by Gasteiger charge is 2.43. The van der Waals surface area contributed by atoms with Crippen LogP contribution < -0.4 is 4.74 Å². The summed E-state index contributed by atoms with van der Waals surface area (Å²) in [6, 6.07) is 8.48. The zero-order valence-corrected chi connectivity index (χ0v) is 22.5. The number of hydrogen-bond acceptors (Lipinski definition) is 4. The molecule has 2 bridgehead atoms. The van der Waals surface area contributed by atoms with Gasteiger partial charge in [-0.15, -0.1) is 0 Å². The summed E-state index contributed by atoms with van der Waals surface area (Å²) in [5.74, 6) is -1.98. The third kappa shape index (κ3) is 6.21. The summed E-state index contributed by atoms with van der Waals surface area (Å²) in [5, 5.41) is 0.469. The van der Waals surface area contributed by atoms with Crippen molar-refractivity contribution >= 4 is 16.7 Å². The molecule has 5 rings (SSSR count). The van der Waals surface area contributed by atoms with Crippen LogP contribution in [0.4, 0.5) is 26.3 Å². The highest BCUT2D eigenvalue weighted by molar-refractivity contribution is 5.89. The smallest absolute Gasteiger partial charge is 0.420 e. The Bertz CT molecular complexity index is 1190. The van der Waals surface area contributed by atoms with Gasteiger partial charge in [0.05, 0.1) is 25.0 Å². The second-order valence-corrected chi connectivity index (χ2v) is 11.5. The maximum absolute atomic E-state index is 14.2. The van der Waals surface area contributed by atoms with Gasteiger partial charge in [-0.05, 0) is 80.2 Å². The maximum atomic E-state index is 14.2. The van der Waals surface area contributed by atoms with Gasteiger partial charge in [-0.2, -0.15) is 26.3 Å². The Morgan fingerprint density at radius 1 is 0.925 bits per heavy atom. The van der Waals surface area contributed by atoms with Crippen LogP contribution in [0, 0.1) is 11.8 Å². The summed E-state index contributed by atoms with van der Waals surface area (Å²) in [5.41, 5.74) is 0.0434. The molecule has 1 saturated carbocycles. The van der Waals surface area contributed by atoms with Gasteiger partial charge >= 0.3 is 18.3 Å². The number of nitrogens with zero attached hydrogens (tertiary/aromatic N) is 1. The molecule has 0 spiro atoms. The van der Waals surface area contributed by atoms with Crippen molar-refractivity contribution in [1.29, 1.82) is 0 Å². The number of methoxy groups -OCH3 is 1. The van der Waals surface area contributed by atoms with Crippen molar-refractivity contribution in [3.05, 3.63) is 41.5 Å². The highest BCUT2D eigenvalue weighted by Crippen LogP contribution is 2.44. The predicted molar refractivity (Wildman–Crippen MR) is 138 cm³/mol. The lowest BCUT2D eigenvalue weighted by Gasteiger charge is -2.48. The normalized spacial score (nSPS) is 27.9. The van der Waals surface area contributed by atoms with Crippen LogP contribution in [0.3, 0.4) is 0 Å². The van der Waals surface area contributed by atoms with Crippen LogP contribution in [0.1, 0.15) is 68.9 Å². The summed E-state index contributed by atoms with van der Waals surface area (Å²) < 4.78 is 92.3. The summed E-state index contributed by atoms with van der Waals surface area (Å²) >= 11 is 0. The number of esters is 1. The molecule has 3 atom stereocenters. The van der Waals surface area contributed by atoms with Crippen LogP contribution >= 0.6 is 0 Å². The second-order valence-electron chi connectivity index (χ2n) is 11.5. The van der Waals surface area contributed by atoms with Crippen molar-refractivity contribution in [2.45, 2.75) is 94.7 Å². The van der Waals surface area contributed by atoms with Crippen molar-refractivity contribution < 1.29 is 40.6 Å². The van der Waals surface area contributed by atoms with E-state index in [0.29, 0.717) is 23.9 Å². The summed E-state index contributed by atoms with van der Waals surface area (Å²) in [6.07, 6.45) is -4.40. The number of hydrogen-bond donors (Lipinski definition) is 0. The van der Waals surface area contributed by atoms with Crippen molar-refractivity contribution in [3.8, 4) is 5.75 Å². The fraction of sp³-hybridized carbons (Fsp3) is 0.633. The Hall–Kier alpha value is -2.49. The molecule has 0 amide bonds. The minimum Gasteiger partial charge on any atom is -0.490 e. The molecule has 2 unspecified atom stereocenters. The lowest BCUT2D eigenvalue weighted by Crippen LogP contribution is -2.53. The molecule has 2 aromatic carbocycles. The lowest BCUT2D eigenvalue weighted by molar-refractivity contribution is -0.185. The Labute approximate surface area is 230 Å². The Kier molecular flexibility index (Phi) is 8.28. The molecule has 3 fully saturated rings. The molecular weight excluding hydrogens is 536 g/mol. The largest absolute Gasteiger partial charge is 0.490 e. The average Bonchev–Trinajstić information content (AvgIpc) is 2.89. The van der Waals surface area contributed by atoms with Crippen molar-refractivity contribution in [3.63, 3.8) is 0 Å². The first-order valence-electron chi connectivity index (χ1n) is 14.1. The van der Waals surface area contributed by atoms with Crippen molar-refractivity contribution in [2.75, 3.05) is 13.7 Å². The Morgan fingerprint density at radius 3 is 2.20 bits per heavy atom. The first-order chi connectivity index (χ1) is 18.9. The van der Waals surface area contributed by atoms with E-state index >= 15 is 0 Å². The number of rotatable bonds is 6. The number of piperidine rings is 2. The third-order valence-corrected chi connectivity index (χ3v) is 9.08. The lowest BCUT2D eigenvalue weighted by atomic mass is 9.78. The fourth-order valence-electron chi connectivity index (χ4n) is 7.05. The predicted octanol–water partition coefficient (Wildman–Crippen LogP) is 7.71. The molecule has 1 aliphatic carbocycles. The van der Waals surface area contributed by atoms with E-state index in [1.165, 1.54) is 19.2 Å². The van der Waals surface area contributed by atoms with E-state index in [-0.39, 0.29) is 48.7 Å². The molecule has 2 saturated heterocycles. The molecule has 0 radical (unpaired) electrons. The first-order valence-corrected chi connectivity index (χ1v) is 14.1. The van der Waals surface area contributed by atoms with Gasteiger partial charge in [-0.1, -0.05) is 30.7 Å². The van der Waals surface area contributed by atoms with Crippen LogP contribution in [0.5, 0.6) is 5.75 Å². The molecule has 2 heterocycles. The quantitative estimate of drug-likeness (QED) is 0.263. The number of carbonyl (C=O) groups is 1. The van der Waals surface area contributed by atoms with E-state index in [2.05, 4.69) is 4.90 Å². The number of halogens is 6. The Morgan fingerprint density at radius 2 is 1.60 bits per heavy atom. The van der Waals surface area contributed by atoms with E-state index in [9.17, 15) is 31.1 Å². The summed E-state index contributed by atoms with van der Waals surface area (Å²) in [7, 11) is 1.42. The molecule has 3 aliphatic rings. The third-order valence-electron chi connectivity index (χ3n) is 9.08. The van der Waals surface area contributed by atoms with Crippen LogP contribution in [-0.4, -0.2) is 48.9 Å². The van der Waals surface area contributed by atoms with Gasteiger partial charge in [0.15, 0.2) is 0 Å². The monoisotopic (exact) mass is 571 g/mol. The van der Waals surface area contributed by atoms with Gasteiger partial charge in [0.2, 0.25) is 0 Å². The first kappa shape index (κ1) is 29.0. The minimum atomic E-state index is -4.68. The van der Waals surface area contributed by atoms with E-state index in [1.807, 2.05) is 0 Å². The molecular formula is C30H35F6NO3. The van der Waals surface area contributed by atoms with E-state index in [4.69, 9.17) is 9.47 Å². The summed E-state index contributed by atoms with van der Waals surface area (Å²) in [4.78, 5) is 14.6. The molecule has 4 nitrogen and oxygen atoms in total. The van der Waals surface area contributed by atoms with Gasteiger partial charge in [0.1, 0.15) is 11.3 Å². The molecule has 10 heteroatoms. The standard InChI is InChI=1S/C30H35F6NO3/c1-39-28(38)20-16-22-3-2-4-23(17-20)37(22)14-13-18-5-11-25-19(15-18)6-12-26(27(25)30(34,35)36)40-24-9-7-21(8-10-24)29(31,32)33/h5-6,11-12,15,20-24H,2-4,7-10,13-14,16-17H2,1H3/t20?,21?,22-,23?,24?/m0/s1. The van der Waals surface area contributed by atoms with E-state index in [1.54, 1.807) is 18.2 Å². The van der Waals surface area contributed by atoms with E-state index < -0.39 is 29.9 Å².